The largest absolute Gasteiger partial charge is 0.497 e. The fourth-order valence-electron chi connectivity index (χ4n) is 3.83. The summed E-state index contributed by atoms with van der Waals surface area (Å²) in [6, 6.07) is 17.7. The van der Waals surface area contributed by atoms with Crippen molar-refractivity contribution < 1.29 is 14.3 Å². The third-order valence-electron chi connectivity index (χ3n) is 5.78. The van der Waals surface area contributed by atoms with Crippen LogP contribution in [0, 0.1) is 0 Å². The summed E-state index contributed by atoms with van der Waals surface area (Å²) < 4.78 is 10.4. The van der Waals surface area contributed by atoms with Gasteiger partial charge in [-0.1, -0.05) is 12.1 Å². The van der Waals surface area contributed by atoms with Gasteiger partial charge >= 0.3 is 0 Å². The average molecular weight is 433 g/mol. The highest BCUT2D eigenvalue weighted by atomic mass is 16.5. The molecule has 0 N–H and O–H groups in total. The van der Waals surface area contributed by atoms with E-state index in [0.29, 0.717) is 19.5 Å². The molecule has 7 heteroatoms. The molecule has 1 fully saturated rings. The van der Waals surface area contributed by atoms with Crippen molar-refractivity contribution in [1.29, 1.82) is 0 Å². The summed E-state index contributed by atoms with van der Waals surface area (Å²) in [5.41, 5.74) is 3.03. The molecule has 2 aromatic carbocycles. The molecular formula is C25H28N4O3. The summed E-state index contributed by atoms with van der Waals surface area (Å²) in [6.45, 7) is 2.91. The lowest BCUT2D eigenvalue weighted by Crippen LogP contribution is -2.49. The second-order valence-electron chi connectivity index (χ2n) is 7.71. The van der Waals surface area contributed by atoms with Crippen LogP contribution < -0.4 is 14.4 Å². The van der Waals surface area contributed by atoms with Crippen LogP contribution in [0.4, 0.5) is 5.82 Å². The minimum Gasteiger partial charge on any atom is -0.497 e. The Morgan fingerprint density at radius 1 is 0.875 bits per heavy atom. The Hall–Kier alpha value is -3.61. The molecule has 0 atom stereocenters. The summed E-state index contributed by atoms with van der Waals surface area (Å²) >= 11 is 0. The van der Waals surface area contributed by atoms with Gasteiger partial charge in [0.1, 0.15) is 23.6 Å². The standard InChI is InChI=1S/C25H28N4O3/c1-31-21-8-3-19(4-9-21)5-12-25(30)29-15-13-28(14-16-29)24-17-23(26-18-27-24)20-6-10-22(32-2)11-7-20/h3-4,6-11,17-18H,5,12-16H2,1-2H3. The number of hydrogen-bond donors (Lipinski definition) is 0. The van der Waals surface area contributed by atoms with Crippen molar-refractivity contribution in [3.63, 3.8) is 0 Å². The van der Waals surface area contributed by atoms with Crippen molar-refractivity contribution in [2.45, 2.75) is 12.8 Å². The molecular weight excluding hydrogens is 404 g/mol. The van der Waals surface area contributed by atoms with Gasteiger partial charge < -0.3 is 19.3 Å². The summed E-state index contributed by atoms with van der Waals surface area (Å²) in [5, 5.41) is 0. The topological polar surface area (TPSA) is 67.8 Å². The lowest BCUT2D eigenvalue weighted by Gasteiger charge is -2.35. The quantitative estimate of drug-likeness (QED) is 0.570. The zero-order valence-corrected chi connectivity index (χ0v) is 18.5. The Balaban J connectivity index is 1.31. The van der Waals surface area contributed by atoms with Crippen LogP contribution in [0.25, 0.3) is 11.3 Å². The van der Waals surface area contributed by atoms with Crippen LogP contribution >= 0.6 is 0 Å². The first-order valence-electron chi connectivity index (χ1n) is 10.8. The Kier molecular flexibility index (Phi) is 6.84. The van der Waals surface area contributed by atoms with Crippen molar-refractivity contribution in [1.82, 2.24) is 14.9 Å². The number of hydrogen-bond acceptors (Lipinski definition) is 6. The van der Waals surface area contributed by atoms with Gasteiger partial charge in [-0.05, 0) is 48.4 Å². The molecule has 1 aliphatic rings. The molecule has 0 spiro atoms. The van der Waals surface area contributed by atoms with Crippen LogP contribution in [0.3, 0.4) is 0 Å². The van der Waals surface area contributed by atoms with Crippen LogP contribution in [0.1, 0.15) is 12.0 Å². The van der Waals surface area contributed by atoms with Gasteiger partial charge in [-0.2, -0.15) is 0 Å². The summed E-state index contributed by atoms with van der Waals surface area (Å²) in [7, 11) is 3.31. The monoisotopic (exact) mass is 432 g/mol. The normalized spacial score (nSPS) is 13.7. The Morgan fingerprint density at radius 2 is 1.50 bits per heavy atom. The van der Waals surface area contributed by atoms with Crippen LogP contribution in [-0.4, -0.2) is 61.2 Å². The molecule has 0 saturated carbocycles. The molecule has 1 saturated heterocycles. The second-order valence-corrected chi connectivity index (χ2v) is 7.71. The average Bonchev–Trinajstić information content (AvgIpc) is 2.88. The Bertz CT molecular complexity index is 1030. The van der Waals surface area contributed by atoms with E-state index in [4.69, 9.17) is 9.47 Å². The van der Waals surface area contributed by atoms with E-state index >= 15 is 0 Å². The molecule has 0 aliphatic carbocycles. The van der Waals surface area contributed by atoms with Crippen molar-refractivity contribution in [2.75, 3.05) is 45.3 Å². The third kappa shape index (κ3) is 5.17. The Morgan fingerprint density at radius 3 is 2.12 bits per heavy atom. The summed E-state index contributed by atoms with van der Waals surface area (Å²) in [6.07, 6.45) is 2.85. The van der Waals surface area contributed by atoms with Crippen LogP contribution in [0.15, 0.2) is 60.9 Å². The SMILES string of the molecule is COc1ccc(CCC(=O)N2CCN(c3cc(-c4ccc(OC)cc4)ncn3)CC2)cc1. The smallest absolute Gasteiger partial charge is 0.223 e. The molecule has 1 aromatic heterocycles. The molecule has 166 valence electrons. The molecule has 2 heterocycles. The number of carbonyl (C=O) groups is 1. The van der Waals surface area contributed by atoms with Crippen molar-refractivity contribution in [2.24, 2.45) is 0 Å². The van der Waals surface area contributed by atoms with E-state index in [9.17, 15) is 4.79 Å². The fraction of sp³-hybridized carbons (Fsp3) is 0.320. The number of aromatic nitrogens is 2. The lowest BCUT2D eigenvalue weighted by atomic mass is 10.1. The molecule has 4 rings (SSSR count). The highest BCUT2D eigenvalue weighted by molar-refractivity contribution is 5.77. The van der Waals surface area contributed by atoms with Gasteiger partial charge in [-0.25, -0.2) is 9.97 Å². The minimum absolute atomic E-state index is 0.196. The first kappa shape index (κ1) is 21.6. The molecule has 32 heavy (non-hydrogen) atoms. The number of ether oxygens (including phenoxy) is 2. The predicted octanol–water partition coefficient (Wildman–Crippen LogP) is 3.44. The number of methoxy groups -OCH3 is 2. The molecule has 7 nitrogen and oxygen atoms in total. The van der Waals surface area contributed by atoms with E-state index in [1.807, 2.05) is 59.5 Å². The number of piperazine rings is 1. The maximum absolute atomic E-state index is 12.7. The Labute approximate surface area is 188 Å². The second kappa shape index (κ2) is 10.1. The molecule has 0 radical (unpaired) electrons. The number of amides is 1. The van der Waals surface area contributed by atoms with E-state index < -0.39 is 0 Å². The van der Waals surface area contributed by atoms with Gasteiger partial charge in [0.2, 0.25) is 5.91 Å². The van der Waals surface area contributed by atoms with E-state index in [1.54, 1.807) is 20.5 Å². The molecule has 0 unspecified atom stereocenters. The zero-order valence-electron chi connectivity index (χ0n) is 18.5. The zero-order chi connectivity index (χ0) is 22.3. The van der Waals surface area contributed by atoms with E-state index in [2.05, 4.69) is 14.9 Å². The van der Waals surface area contributed by atoms with Gasteiger partial charge in [0.25, 0.3) is 0 Å². The molecule has 1 amide bonds. The van der Waals surface area contributed by atoms with Gasteiger partial charge in [0, 0.05) is 44.2 Å². The number of nitrogens with zero attached hydrogens (tertiary/aromatic N) is 4. The predicted molar refractivity (Wildman–Crippen MR) is 124 cm³/mol. The number of rotatable bonds is 7. The van der Waals surface area contributed by atoms with E-state index in [0.717, 1.165) is 53.6 Å². The van der Waals surface area contributed by atoms with E-state index in [-0.39, 0.29) is 5.91 Å². The maximum Gasteiger partial charge on any atom is 0.223 e. The summed E-state index contributed by atoms with van der Waals surface area (Å²) in [4.78, 5) is 25.7. The van der Waals surface area contributed by atoms with Gasteiger partial charge in [-0.15, -0.1) is 0 Å². The van der Waals surface area contributed by atoms with Crippen molar-refractivity contribution in [3.05, 3.63) is 66.5 Å². The number of carbonyl (C=O) groups excluding carboxylic acids is 1. The molecule has 0 bridgehead atoms. The van der Waals surface area contributed by atoms with Gasteiger partial charge in [0.05, 0.1) is 19.9 Å². The first-order chi connectivity index (χ1) is 15.7. The van der Waals surface area contributed by atoms with E-state index in [1.165, 1.54) is 0 Å². The third-order valence-corrected chi connectivity index (χ3v) is 5.78. The van der Waals surface area contributed by atoms with Crippen LogP contribution in [-0.2, 0) is 11.2 Å². The highest BCUT2D eigenvalue weighted by Crippen LogP contribution is 2.24. The maximum atomic E-state index is 12.7. The number of aryl methyl sites for hydroxylation is 1. The number of benzene rings is 2. The van der Waals surface area contributed by atoms with Crippen LogP contribution in [0.2, 0.25) is 0 Å². The van der Waals surface area contributed by atoms with Crippen molar-refractivity contribution >= 4 is 11.7 Å². The number of anilines is 1. The molecule has 1 aliphatic heterocycles. The minimum atomic E-state index is 0.196. The highest BCUT2D eigenvalue weighted by Gasteiger charge is 2.22. The lowest BCUT2D eigenvalue weighted by molar-refractivity contribution is -0.131. The first-order valence-corrected chi connectivity index (χ1v) is 10.8. The van der Waals surface area contributed by atoms with Gasteiger partial charge in [0.15, 0.2) is 0 Å². The molecule has 3 aromatic rings. The fourth-order valence-corrected chi connectivity index (χ4v) is 3.83. The van der Waals surface area contributed by atoms with Crippen molar-refractivity contribution in [3.8, 4) is 22.8 Å². The summed E-state index contributed by atoms with van der Waals surface area (Å²) in [5.74, 6) is 2.73. The van der Waals surface area contributed by atoms with Crippen LogP contribution in [0.5, 0.6) is 11.5 Å². The van der Waals surface area contributed by atoms with Gasteiger partial charge in [-0.3, -0.25) is 4.79 Å².